The van der Waals surface area contributed by atoms with Crippen molar-refractivity contribution in [2.24, 2.45) is 0 Å². The zero-order valence-electron chi connectivity index (χ0n) is 11.3. The molecule has 0 saturated heterocycles. The molecule has 23 heavy (non-hydrogen) atoms. The summed E-state index contributed by atoms with van der Waals surface area (Å²) < 4.78 is 44.4. The van der Waals surface area contributed by atoms with Gasteiger partial charge in [0.25, 0.3) is 0 Å². The van der Waals surface area contributed by atoms with Crippen LogP contribution in [0.3, 0.4) is 0 Å². The van der Waals surface area contributed by atoms with E-state index in [4.69, 9.17) is 15.8 Å². The molecule has 1 heterocycles. The highest BCUT2D eigenvalue weighted by Gasteiger charge is 2.22. The first-order valence-corrected chi connectivity index (χ1v) is 7.97. The molecular weight excluding hydrogens is 347 g/mol. The van der Waals surface area contributed by atoms with Crippen molar-refractivity contribution in [1.29, 1.82) is 0 Å². The van der Waals surface area contributed by atoms with Gasteiger partial charge in [-0.05, 0) is 40.8 Å². The van der Waals surface area contributed by atoms with E-state index in [1.807, 2.05) is 0 Å². The van der Waals surface area contributed by atoms with E-state index in [2.05, 4.69) is 15.5 Å². The molecule has 0 bridgehead atoms. The molecule has 3 aromatic rings. The molecule has 10 heteroatoms. The highest BCUT2D eigenvalue weighted by atomic mass is 35.5. The molecule has 0 radical (unpaired) electrons. The third-order valence-electron chi connectivity index (χ3n) is 2.80. The normalized spacial score (nSPS) is 11.4. The summed E-state index contributed by atoms with van der Waals surface area (Å²) in [5, 5.41) is 10.7. The van der Waals surface area contributed by atoms with Crippen LogP contribution >= 0.6 is 11.6 Å². The molecule has 7 nitrogen and oxygen atoms in total. The highest BCUT2D eigenvalue weighted by molar-refractivity contribution is 7.87. The molecule has 0 aliphatic rings. The molecule has 1 aromatic heterocycles. The summed E-state index contributed by atoms with van der Waals surface area (Å²) in [7, 11) is -4.34. The maximum Gasteiger partial charge on any atom is 0.342 e. The van der Waals surface area contributed by atoms with Gasteiger partial charge < -0.3 is 4.18 Å². The molecule has 3 rings (SSSR count). The topological polar surface area (TPSA) is 87.0 Å². The lowest BCUT2D eigenvalue weighted by molar-refractivity contribution is 0.476. The van der Waals surface area contributed by atoms with Crippen molar-refractivity contribution in [3.05, 3.63) is 59.6 Å². The Balaban J connectivity index is 1.93. The lowest BCUT2D eigenvalue weighted by atomic mass is 10.3. The molecule has 0 atom stereocenters. The fraction of sp³-hybridized carbons (Fsp3) is 0. The van der Waals surface area contributed by atoms with E-state index in [-0.39, 0.29) is 10.8 Å². The molecule has 0 amide bonds. The molecular formula is C13H8ClFN4O3S. The average Bonchev–Trinajstić information content (AvgIpc) is 3.00. The Hall–Kier alpha value is -2.52. The summed E-state index contributed by atoms with van der Waals surface area (Å²) >= 11 is 5.61. The molecule has 0 aliphatic heterocycles. The predicted octanol–water partition coefficient (Wildman–Crippen LogP) is 2.22. The van der Waals surface area contributed by atoms with E-state index in [0.717, 1.165) is 12.1 Å². The van der Waals surface area contributed by atoms with Crippen molar-refractivity contribution in [2.45, 2.75) is 4.90 Å². The zero-order valence-corrected chi connectivity index (χ0v) is 12.9. The minimum absolute atomic E-state index is 0.00708. The number of hydrogen-bond acceptors (Lipinski definition) is 6. The maximum absolute atomic E-state index is 13.8. The second-order valence-electron chi connectivity index (χ2n) is 4.36. The first-order chi connectivity index (χ1) is 11.0. The van der Waals surface area contributed by atoms with Crippen LogP contribution in [0.1, 0.15) is 0 Å². The van der Waals surface area contributed by atoms with Gasteiger partial charge in [-0.25, -0.2) is 9.07 Å². The summed E-state index contributed by atoms with van der Waals surface area (Å²) in [5.74, 6) is -0.999. The smallest absolute Gasteiger partial charge is 0.342 e. The van der Waals surface area contributed by atoms with Gasteiger partial charge in [-0.2, -0.15) is 8.42 Å². The van der Waals surface area contributed by atoms with Crippen molar-refractivity contribution in [3.8, 4) is 11.4 Å². The molecule has 0 fully saturated rings. The molecule has 0 saturated carbocycles. The number of rotatable bonds is 4. The monoisotopic (exact) mass is 354 g/mol. The van der Waals surface area contributed by atoms with Gasteiger partial charge in [0, 0.05) is 11.1 Å². The van der Waals surface area contributed by atoms with E-state index in [0.29, 0.717) is 5.69 Å². The van der Waals surface area contributed by atoms with Crippen LogP contribution in [0.4, 0.5) is 4.39 Å². The second kappa shape index (κ2) is 5.94. The van der Waals surface area contributed by atoms with Crippen molar-refractivity contribution >= 4 is 21.7 Å². The number of benzene rings is 2. The minimum Gasteiger partial charge on any atom is -0.379 e. The highest BCUT2D eigenvalue weighted by Crippen LogP contribution is 2.24. The van der Waals surface area contributed by atoms with Gasteiger partial charge in [0.2, 0.25) is 0 Å². The van der Waals surface area contributed by atoms with Gasteiger partial charge in [0.1, 0.15) is 22.8 Å². The minimum atomic E-state index is -4.34. The molecule has 0 spiro atoms. The fourth-order valence-electron chi connectivity index (χ4n) is 1.81. The van der Waals surface area contributed by atoms with Gasteiger partial charge in [-0.3, -0.25) is 0 Å². The number of aromatic nitrogens is 4. The molecule has 0 unspecified atom stereocenters. The third-order valence-corrected chi connectivity index (χ3v) is 4.32. The zero-order chi connectivity index (χ0) is 16.4. The average molecular weight is 355 g/mol. The van der Waals surface area contributed by atoms with E-state index in [9.17, 15) is 12.8 Å². The van der Waals surface area contributed by atoms with Gasteiger partial charge in [-0.1, -0.05) is 17.7 Å². The first-order valence-electron chi connectivity index (χ1n) is 6.19. The Kier molecular flexibility index (Phi) is 3.97. The van der Waals surface area contributed by atoms with E-state index in [1.54, 1.807) is 12.1 Å². The molecule has 0 N–H and O–H groups in total. The van der Waals surface area contributed by atoms with Crippen LogP contribution < -0.4 is 4.18 Å². The number of halogens is 2. The molecule has 0 aliphatic carbocycles. The van der Waals surface area contributed by atoms with Crippen molar-refractivity contribution in [2.75, 3.05) is 0 Å². The standard InChI is InChI=1S/C13H8ClFN4O3S/c14-9-4-5-13(12(15)6-9)23(20,21)22-11-3-1-2-10(7-11)19-8-16-17-18-19/h1-8H. The van der Waals surface area contributed by atoms with Crippen molar-refractivity contribution < 1.29 is 17.0 Å². The van der Waals surface area contributed by atoms with Gasteiger partial charge in [0.15, 0.2) is 0 Å². The van der Waals surface area contributed by atoms with Crippen LogP contribution in [-0.4, -0.2) is 28.6 Å². The maximum atomic E-state index is 13.8. The fourth-order valence-corrected chi connectivity index (χ4v) is 2.95. The van der Waals surface area contributed by atoms with E-state index < -0.39 is 20.8 Å². The summed E-state index contributed by atoms with van der Waals surface area (Å²) in [6.07, 6.45) is 1.34. The summed E-state index contributed by atoms with van der Waals surface area (Å²) in [5.41, 5.74) is 0.485. The third kappa shape index (κ3) is 3.30. The summed E-state index contributed by atoms with van der Waals surface area (Å²) in [6, 6.07) is 9.23. The van der Waals surface area contributed by atoms with Crippen LogP contribution in [0, 0.1) is 5.82 Å². The van der Waals surface area contributed by atoms with Crippen LogP contribution in [0.5, 0.6) is 5.75 Å². The Bertz CT molecular complexity index is 948. The summed E-state index contributed by atoms with van der Waals surface area (Å²) in [4.78, 5) is -0.602. The Labute approximate surface area is 135 Å². The molecule has 2 aromatic carbocycles. The number of hydrogen-bond donors (Lipinski definition) is 0. The van der Waals surface area contributed by atoms with Gasteiger partial charge in [0.05, 0.1) is 5.69 Å². The van der Waals surface area contributed by atoms with Crippen LogP contribution in [0.15, 0.2) is 53.7 Å². The SMILES string of the molecule is O=S(=O)(Oc1cccc(-n2cnnn2)c1)c1ccc(Cl)cc1F. The predicted molar refractivity (Wildman–Crippen MR) is 78.4 cm³/mol. The number of tetrazole rings is 1. The number of nitrogens with zero attached hydrogens (tertiary/aromatic N) is 4. The van der Waals surface area contributed by atoms with Gasteiger partial charge >= 0.3 is 10.1 Å². The Morgan fingerprint density at radius 2 is 2.00 bits per heavy atom. The van der Waals surface area contributed by atoms with Crippen LogP contribution in [0.2, 0.25) is 5.02 Å². The van der Waals surface area contributed by atoms with E-state index in [1.165, 1.54) is 29.2 Å². The lowest BCUT2D eigenvalue weighted by Gasteiger charge is -2.09. The van der Waals surface area contributed by atoms with Crippen molar-refractivity contribution in [3.63, 3.8) is 0 Å². The summed E-state index contributed by atoms with van der Waals surface area (Å²) in [6.45, 7) is 0. The van der Waals surface area contributed by atoms with Crippen LogP contribution in [-0.2, 0) is 10.1 Å². The second-order valence-corrected chi connectivity index (χ2v) is 6.32. The van der Waals surface area contributed by atoms with Crippen molar-refractivity contribution in [1.82, 2.24) is 20.2 Å². The Morgan fingerprint density at radius 3 is 2.70 bits per heavy atom. The van der Waals surface area contributed by atoms with Crippen LogP contribution in [0.25, 0.3) is 5.69 Å². The first kappa shape index (κ1) is 15.4. The Morgan fingerprint density at radius 1 is 1.17 bits per heavy atom. The molecule has 118 valence electrons. The van der Waals surface area contributed by atoms with E-state index >= 15 is 0 Å². The quantitative estimate of drug-likeness (QED) is 0.668. The van der Waals surface area contributed by atoms with Gasteiger partial charge in [-0.15, -0.1) is 5.10 Å². The largest absolute Gasteiger partial charge is 0.379 e. The lowest BCUT2D eigenvalue weighted by Crippen LogP contribution is -2.12.